The Hall–Kier alpha value is -1.79. The first-order valence-corrected chi connectivity index (χ1v) is 12.1. The molecule has 1 amide bonds. The number of alkyl halides is 3. The third-order valence-corrected chi connectivity index (χ3v) is 8.17. The fraction of sp³-hybridized carbons (Fsp3) is 0.350. The minimum absolute atomic E-state index is 0.0189. The van der Waals surface area contributed by atoms with Gasteiger partial charge in [0, 0.05) is 22.9 Å². The predicted molar refractivity (Wildman–Crippen MR) is 115 cm³/mol. The second kappa shape index (κ2) is 9.22. The lowest BCUT2D eigenvalue weighted by atomic mass is 10.1. The van der Waals surface area contributed by atoms with Gasteiger partial charge in [-0.1, -0.05) is 23.4 Å². The molecule has 2 aromatic rings. The van der Waals surface area contributed by atoms with Gasteiger partial charge in [0.05, 0.1) is 15.6 Å². The number of hydrogen-bond acceptors (Lipinski definition) is 5. The Labute approximate surface area is 192 Å². The second-order valence-corrected chi connectivity index (χ2v) is 10.8. The standard InChI is InChI=1S/C20H20ClF3N2O4S2/c1-19(28,20(22,23)24)18(27)25-17-9-6-14(12-16(17)21)31-13-4-7-15(8-5-13)32(29,30)26-10-2-3-11-26/h4-9,12,28H,2-3,10-11H2,1H3,(H,25,27)/t19-/m1/s1. The number of carbonyl (C=O) groups is 1. The van der Waals surface area contributed by atoms with Gasteiger partial charge in [-0.15, -0.1) is 0 Å². The molecular weight excluding hydrogens is 489 g/mol. The Kier molecular flexibility index (Phi) is 7.16. The Morgan fingerprint density at radius 3 is 2.19 bits per heavy atom. The summed E-state index contributed by atoms with van der Waals surface area (Å²) >= 11 is 7.34. The van der Waals surface area contributed by atoms with Gasteiger partial charge in [0.25, 0.3) is 5.91 Å². The van der Waals surface area contributed by atoms with Crippen LogP contribution in [0.4, 0.5) is 18.9 Å². The molecule has 1 heterocycles. The molecule has 1 fully saturated rings. The molecule has 2 N–H and O–H groups in total. The van der Waals surface area contributed by atoms with E-state index >= 15 is 0 Å². The van der Waals surface area contributed by atoms with Crippen molar-refractivity contribution in [2.24, 2.45) is 0 Å². The quantitative estimate of drug-likeness (QED) is 0.599. The maximum Gasteiger partial charge on any atom is 0.426 e. The van der Waals surface area contributed by atoms with Crippen molar-refractivity contribution in [1.82, 2.24) is 4.31 Å². The molecule has 6 nitrogen and oxygen atoms in total. The van der Waals surface area contributed by atoms with Gasteiger partial charge in [0.2, 0.25) is 15.6 Å². The lowest BCUT2D eigenvalue weighted by Gasteiger charge is -2.25. The molecule has 2 aromatic carbocycles. The van der Waals surface area contributed by atoms with Crippen LogP contribution < -0.4 is 5.32 Å². The van der Waals surface area contributed by atoms with Crippen LogP contribution in [0.5, 0.6) is 0 Å². The van der Waals surface area contributed by atoms with E-state index in [1.165, 1.54) is 46.4 Å². The number of sulfonamides is 1. The van der Waals surface area contributed by atoms with E-state index < -0.39 is 27.7 Å². The van der Waals surface area contributed by atoms with Gasteiger partial charge < -0.3 is 10.4 Å². The first-order chi connectivity index (χ1) is 14.8. The number of rotatable bonds is 6. The van der Waals surface area contributed by atoms with E-state index in [4.69, 9.17) is 11.6 Å². The summed E-state index contributed by atoms with van der Waals surface area (Å²) in [6.45, 7) is 1.38. The summed E-state index contributed by atoms with van der Waals surface area (Å²) in [6.07, 6.45) is -3.45. The van der Waals surface area contributed by atoms with E-state index in [2.05, 4.69) is 0 Å². The molecule has 0 radical (unpaired) electrons. The molecule has 12 heteroatoms. The van der Waals surface area contributed by atoms with Crippen LogP contribution in [0.1, 0.15) is 19.8 Å². The fourth-order valence-corrected chi connectivity index (χ4v) is 5.59. The van der Waals surface area contributed by atoms with Gasteiger partial charge >= 0.3 is 6.18 Å². The molecular formula is C20H20ClF3N2O4S2. The highest BCUT2D eigenvalue weighted by molar-refractivity contribution is 7.99. The van der Waals surface area contributed by atoms with Gasteiger partial charge in [-0.2, -0.15) is 17.5 Å². The zero-order valence-corrected chi connectivity index (χ0v) is 19.2. The molecule has 3 rings (SSSR count). The molecule has 0 spiro atoms. The molecule has 1 saturated heterocycles. The van der Waals surface area contributed by atoms with E-state index in [-0.39, 0.29) is 15.6 Å². The summed E-state index contributed by atoms with van der Waals surface area (Å²) in [5, 5.41) is 11.4. The Morgan fingerprint density at radius 1 is 1.09 bits per heavy atom. The normalized spacial score (nSPS) is 17.2. The van der Waals surface area contributed by atoms with Crippen molar-refractivity contribution < 1.29 is 31.5 Å². The van der Waals surface area contributed by atoms with Crippen LogP contribution in [0.15, 0.2) is 57.2 Å². The van der Waals surface area contributed by atoms with Gasteiger partial charge in [-0.05, 0) is 62.2 Å². The van der Waals surface area contributed by atoms with Crippen LogP contribution >= 0.6 is 23.4 Å². The van der Waals surface area contributed by atoms with Crippen molar-refractivity contribution in [3.63, 3.8) is 0 Å². The number of anilines is 1. The van der Waals surface area contributed by atoms with E-state index in [1.54, 1.807) is 12.1 Å². The monoisotopic (exact) mass is 508 g/mol. The van der Waals surface area contributed by atoms with Crippen molar-refractivity contribution in [1.29, 1.82) is 0 Å². The summed E-state index contributed by atoms with van der Waals surface area (Å²) in [7, 11) is -3.51. The zero-order valence-electron chi connectivity index (χ0n) is 16.8. The number of aliphatic hydroxyl groups is 1. The Balaban J connectivity index is 1.70. The molecule has 1 atom stereocenters. The molecule has 174 valence electrons. The first-order valence-electron chi connectivity index (χ1n) is 9.50. The molecule has 0 aromatic heterocycles. The molecule has 1 aliphatic rings. The zero-order chi connectivity index (χ0) is 23.7. The maximum atomic E-state index is 12.8. The number of amides is 1. The van der Waals surface area contributed by atoms with Crippen molar-refractivity contribution >= 4 is 45.0 Å². The Morgan fingerprint density at radius 2 is 1.66 bits per heavy atom. The van der Waals surface area contributed by atoms with E-state index in [9.17, 15) is 31.5 Å². The van der Waals surface area contributed by atoms with Crippen molar-refractivity contribution in [3.05, 3.63) is 47.5 Å². The topological polar surface area (TPSA) is 86.7 Å². The summed E-state index contributed by atoms with van der Waals surface area (Å²) in [4.78, 5) is 13.4. The highest BCUT2D eigenvalue weighted by Crippen LogP contribution is 2.35. The van der Waals surface area contributed by atoms with Crippen molar-refractivity contribution in [2.45, 2.75) is 46.2 Å². The van der Waals surface area contributed by atoms with Gasteiger partial charge in [0.1, 0.15) is 0 Å². The summed E-state index contributed by atoms with van der Waals surface area (Å²) in [5.41, 5.74) is -3.65. The van der Waals surface area contributed by atoms with Crippen molar-refractivity contribution in [2.75, 3.05) is 18.4 Å². The highest BCUT2D eigenvalue weighted by Gasteiger charge is 2.55. The van der Waals surface area contributed by atoms with Crippen LogP contribution in [0, 0.1) is 0 Å². The van der Waals surface area contributed by atoms with E-state index in [1.807, 2.05) is 5.32 Å². The van der Waals surface area contributed by atoms with Gasteiger partial charge in [0.15, 0.2) is 0 Å². The number of nitrogens with one attached hydrogen (secondary N) is 1. The molecule has 0 saturated carbocycles. The number of benzene rings is 2. The minimum Gasteiger partial charge on any atom is -0.373 e. The lowest BCUT2D eigenvalue weighted by molar-refractivity contribution is -0.242. The van der Waals surface area contributed by atoms with Crippen LogP contribution in [0.3, 0.4) is 0 Å². The average molecular weight is 509 g/mol. The number of hydrogen-bond donors (Lipinski definition) is 2. The first kappa shape index (κ1) is 24.8. The summed E-state index contributed by atoms with van der Waals surface area (Å²) in [5.74, 6) is -1.65. The van der Waals surface area contributed by atoms with Crippen LogP contribution in [0.25, 0.3) is 0 Å². The average Bonchev–Trinajstić information content (AvgIpc) is 3.25. The molecule has 1 aliphatic heterocycles. The van der Waals surface area contributed by atoms with E-state index in [0.29, 0.717) is 24.9 Å². The summed E-state index contributed by atoms with van der Waals surface area (Å²) < 4.78 is 65.0. The summed E-state index contributed by atoms with van der Waals surface area (Å²) in [6, 6.07) is 10.6. The van der Waals surface area contributed by atoms with Gasteiger partial charge in [-0.25, -0.2) is 8.42 Å². The third-order valence-electron chi connectivity index (χ3n) is 4.95. The van der Waals surface area contributed by atoms with E-state index in [0.717, 1.165) is 17.7 Å². The predicted octanol–water partition coefficient (Wildman–Crippen LogP) is 4.53. The molecule has 0 unspecified atom stereocenters. The van der Waals surface area contributed by atoms with Crippen LogP contribution in [-0.2, 0) is 14.8 Å². The lowest BCUT2D eigenvalue weighted by Crippen LogP contribution is -2.52. The smallest absolute Gasteiger partial charge is 0.373 e. The largest absolute Gasteiger partial charge is 0.426 e. The molecule has 0 aliphatic carbocycles. The highest BCUT2D eigenvalue weighted by atomic mass is 35.5. The van der Waals surface area contributed by atoms with Crippen LogP contribution in [0.2, 0.25) is 5.02 Å². The molecule has 32 heavy (non-hydrogen) atoms. The van der Waals surface area contributed by atoms with Gasteiger partial charge in [-0.3, -0.25) is 4.79 Å². The maximum absolute atomic E-state index is 12.8. The van der Waals surface area contributed by atoms with Crippen molar-refractivity contribution in [3.8, 4) is 0 Å². The molecule has 0 bridgehead atoms. The SMILES string of the molecule is C[C@@](O)(C(=O)Nc1ccc(Sc2ccc(S(=O)(=O)N3CCCC3)cc2)cc1Cl)C(F)(F)F. The minimum atomic E-state index is -5.15. The fourth-order valence-electron chi connectivity index (χ4n) is 2.93. The number of carbonyl (C=O) groups excluding carboxylic acids is 1. The third kappa shape index (κ3) is 5.23. The number of nitrogens with zero attached hydrogens (tertiary/aromatic N) is 1. The second-order valence-electron chi connectivity index (χ2n) is 7.35. The Bertz CT molecular complexity index is 1100. The van der Waals surface area contributed by atoms with Crippen LogP contribution in [-0.4, -0.2) is 48.6 Å². The number of halogens is 4.